The van der Waals surface area contributed by atoms with Crippen LogP contribution in [0, 0.1) is 6.92 Å². The lowest BCUT2D eigenvalue weighted by molar-refractivity contribution is 1.14. The number of nitrogens with zero attached hydrogens (tertiary/aromatic N) is 4. The molecule has 0 atom stereocenters. The number of hydrogen-bond donors (Lipinski definition) is 2. The lowest BCUT2D eigenvalue weighted by Crippen LogP contribution is -2.02. The smallest absolute Gasteiger partial charge is 0.138 e. The van der Waals surface area contributed by atoms with Crippen molar-refractivity contribution in [3.63, 3.8) is 0 Å². The maximum absolute atomic E-state index is 6.22. The zero-order valence-electron chi connectivity index (χ0n) is 10.2. The minimum Gasteiger partial charge on any atom is -0.383 e. The van der Waals surface area contributed by atoms with Gasteiger partial charge in [0.2, 0.25) is 0 Å². The van der Waals surface area contributed by atoms with E-state index in [-0.39, 0.29) is 0 Å². The number of rotatable bonds is 2. The zero-order chi connectivity index (χ0) is 14.3. The van der Waals surface area contributed by atoms with Crippen LogP contribution in [0.4, 0.5) is 28.7 Å². The highest BCUT2D eigenvalue weighted by Gasteiger charge is 2.19. The Kier molecular flexibility index (Phi) is 3.33. The molecule has 0 saturated carbocycles. The third kappa shape index (κ3) is 2.13. The van der Waals surface area contributed by atoms with Gasteiger partial charge in [-0.05, 0) is 13.0 Å². The summed E-state index contributed by atoms with van der Waals surface area (Å²) in [5.41, 5.74) is 8.29. The summed E-state index contributed by atoms with van der Waals surface area (Å²) < 4.78 is 8.36. The fourth-order valence-corrected chi connectivity index (χ4v) is 2.86. The highest BCUT2D eigenvalue weighted by Crippen LogP contribution is 2.48. The number of nitrogens with two attached hydrogens (primary N) is 1. The topological polar surface area (TPSA) is 88.5 Å². The molecule has 0 aliphatic carbocycles. The molecular weight excluding hydrogens is 319 g/mol. The third-order valence-corrected chi connectivity index (χ3v) is 3.92. The molecule has 1 aliphatic rings. The number of anilines is 3. The number of hydrogen-bond acceptors (Lipinski definition) is 6. The van der Waals surface area contributed by atoms with Crippen LogP contribution in [0.15, 0.2) is 21.1 Å². The van der Waals surface area contributed by atoms with E-state index in [0.29, 0.717) is 38.7 Å². The molecule has 0 radical (unpaired) electrons. The van der Waals surface area contributed by atoms with Crippen LogP contribution in [-0.4, -0.2) is 9.97 Å². The van der Waals surface area contributed by atoms with E-state index in [1.165, 1.54) is 6.33 Å². The Morgan fingerprint density at radius 3 is 2.70 bits per heavy atom. The van der Waals surface area contributed by atoms with Gasteiger partial charge in [-0.2, -0.15) is 8.73 Å². The number of nitrogen functional groups attached to an aromatic ring is 1. The van der Waals surface area contributed by atoms with Crippen molar-refractivity contribution in [2.75, 3.05) is 11.1 Å². The lowest BCUT2D eigenvalue weighted by Gasteiger charge is -2.13. The van der Waals surface area contributed by atoms with Crippen LogP contribution in [0.3, 0.4) is 0 Å². The summed E-state index contributed by atoms with van der Waals surface area (Å²) in [4.78, 5) is 8.07. The van der Waals surface area contributed by atoms with Crippen LogP contribution >= 0.6 is 23.2 Å². The molecule has 0 fully saturated rings. The van der Waals surface area contributed by atoms with E-state index >= 15 is 0 Å². The number of aromatic nitrogens is 2. The molecule has 0 saturated heterocycles. The normalized spacial score (nSPS) is 12.2. The Balaban J connectivity index is 2.11. The van der Waals surface area contributed by atoms with E-state index in [1.54, 1.807) is 6.07 Å². The predicted octanol–water partition coefficient (Wildman–Crippen LogP) is 4.14. The molecule has 3 rings (SSSR count). The van der Waals surface area contributed by atoms with Crippen LogP contribution in [0.2, 0.25) is 10.0 Å². The van der Waals surface area contributed by atoms with Crippen LogP contribution in [-0.2, 0) is 11.4 Å². The summed E-state index contributed by atoms with van der Waals surface area (Å²) in [6, 6.07) is 1.62. The maximum atomic E-state index is 6.22. The third-order valence-electron chi connectivity index (χ3n) is 2.81. The van der Waals surface area contributed by atoms with E-state index in [1.807, 2.05) is 6.92 Å². The van der Waals surface area contributed by atoms with Gasteiger partial charge in [-0.1, -0.05) is 23.2 Å². The van der Waals surface area contributed by atoms with Gasteiger partial charge in [-0.25, -0.2) is 9.97 Å². The minimum absolute atomic E-state index is 0.403. The number of benzene rings is 1. The summed E-state index contributed by atoms with van der Waals surface area (Å²) in [7, 11) is 0. The first-order valence-corrected chi connectivity index (χ1v) is 7.01. The molecule has 1 aromatic heterocycles. The van der Waals surface area contributed by atoms with Gasteiger partial charge in [-0.3, -0.25) is 0 Å². The zero-order valence-corrected chi connectivity index (χ0v) is 12.5. The van der Waals surface area contributed by atoms with E-state index in [0.717, 1.165) is 16.9 Å². The van der Waals surface area contributed by atoms with E-state index in [2.05, 4.69) is 24.0 Å². The quantitative estimate of drug-likeness (QED) is 0.740. The largest absolute Gasteiger partial charge is 0.383 e. The molecule has 0 bridgehead atoms. The number of halogens is 2. The first kappa shape index (κ1) is 13.3. The summed E-state index contributed by atoms with van der Waals surface area (Å²) in [6.07, 6.45) is 1.38. The van der Waals surface area contributed by atoms with Crippen LogP contribution in [0.25, 0.3) is 0 Å². The van der Waals surface area contributed by atoms with Crippen LogP contribution < -0.4 is 11.1 Å². The van der Waals surface area contributed by atoms with Gasteiger partial charge in [-0.15, -0.1) is 0 Å². The van der Waals surface area contributed by atoms with Gasteiger partial charge in [0.05, 0.1) is 27.1 Å². The second-order valence-electron chi connectivity index (χ2n) is 4.03. The molecule has 1 aliphatic heterocycles. The van der Waals surface area contributed by atoms with Gasteiger partial charge in [0.1, 0.15) is 29.3 Å². The fraction of sp³-hybridized carbons (Fsp3) is 0.0909. The number of fused-ring (bicyclic) bond motifs is 1. The molecule has 6 nitrogen and oxygen atoms in total. The van der Waals surface area contributed by atoms with Gasteiger partial charge in [0.25, 0.3) is 0 Å². The van der Waals surface area contributed by atoms with Crippen molar-refractivity contribution in [1.82, 2.24) is 9.97 Å². The predicted molar refractivity (Wildman–Crippen MR) is 82.5 cm³/mol. The molecule has 2 heterocycles. The Morgan fingerprint density at radius 1 is 1.15 bits per heavy atom. The molecule has 9 heteroatoms. The first-order valence-electron chi connectivity index (χ1n) is 5.52. The fourth-order valence-electron chi connectivity index (χ4n) is 1.70. The monoisotopic (exact) mass is 326 g/mol. The van der Waals surface area contributed by atoms with Gasteiger partial charge >= 0.3 is 0 Å². The van der Waals surface area contributed by atoms with Crippen molar-refractivity contribution in [2.45, 2.75) is 6.92 Å². The molecular formula is C11H8Cl2N6S. The van der Waals surface area contributed by atoms with Gasteiger partial charge < -0.3 is 11.1 Å². The Hall–Kier alpha value is -1.70. The van der Waals surface area contributed by atoms with Gasteiger partial charge in [0, 0.05) is 5.56 Å². The van der Waals surface area contributed by atoms with E-state index in [4.69, 9.17) is 28.9 Å². The Morgan fingerprint density at radius 2 is 1.90 bits per heavy atom. The molecule has 20 heavy (non-hydrogen) atoms. The number of nitrogens with one attached hydrogen (secondary N) is 1. The molecule has 0 spiro atoms. The van der Waals surface area contributed by atoms with Crippen molar-refractivity contribution in [3.05, 3.63) is 28.0 Å². The summed E-state index contributed by atoms with van der Waals surface area (Å²) in [6.45, 7) is 1.82. The average Bonchev–Trinajstić information content (AvgIpc) is 2.89. The Bertz CT molecular complexity index is 785. The molecule has 0 amide bonds. The van der Waals surface area contributed by atoms with E-state index in [9.17, 15) is 0 Å². The standard InChI is InChI=1S/C11H8Cl2N6S/c1-4-10(14)15-3-16-11(4)17-7-5(12)2-6(13)8-9(7)19-20-18-8/h2-3H,1H3,(H3,14,15,16,17). The van der Waals surface area contributed by atoms with Gasteiger partial charge in [0.15, 0.2) is 0 Å². The van der Waals surface area contributed by atoms with Crippen molar-refractivity contribution in [3.8, 4) is 0 Å². The second-order valence-corrected chi connectivity index (χ2v) is 5.38. The molecule has 2 aromatic rings. The highest BCUT2D eigenvalue weighted by molar-refractivity contribution is 7.58. The molecule has 0 unspecified atom stereocenters. The summed E-state index contributed by atoms with van der Waals surface area (Å²) >= 11 is 13.4. The summed E-state index contributed by atoms with van der Waals surface area (Å²) in [5.74, 6) is 0.969. The van der Waals surface area contributed by atoms with Crippen molar-refractivity contribution in [2.24, 2.45) is 8.73 Å². The average molecular weight is 327 g/mol. The van der Waals surface area contributed by atoms with E-state index < -0.39 is 0 Å². The lowest BCUT2D eigenvalue weighted by atomic mass is 10.2. The minimum atomic E-state index is 0.403. The maximum Gasteiger partial charge on any atom is 0.138 e. The van der Waals surface area contributed by atoms with Crippen molar-refractivity contribution in [1.29, 1.82) is 0 Å². The van der Waals surface area contributed by atoms with Crippen LogP contribution in [0.5, 0.6) is 0 Å². The molecule has 3 N–H and O–H groups in total. The van der Waals surface area contributed by atoms with Crippen LogP contribution in [0.1, 0.15) is 5.56 Å². The molecule has 102 valence electrons. The first-order chi connectivity index (χ1) is 9.58. The Labute approximate surface area is 128 Å². The SMILES string of the molecule is Cc1c(N)ncnc1Nc1c(Cl)cc(Cl)c2c1N=S=N2. The van der Waals surface area contributed by atoms with Crippen molar-refractivity contribution >= 4 is 63.3 Å². The van der Waals surface area contributed by atoms with Crippen molar-refractivity contribution < 1.29 is 0 Å². The highest BCUT2D eigenvalue weighted by atomic mass is 35.5. The summed E-state index contributed by atoms with van der Waals surface area (Å²) in [5, 5.41) is 4.02. The second kappa shape index (κ2) is 5.01. The molecule has 1 aromatic carbocycles.